The Morgan fingerprint density at radius 2 is 1.57 bits per heavy atom. The monoisotopic (exact) mass is 670 g/mol. The smallest absolute Gasteiger partial charge is 0.265 e. The number of amides is 1. The number of hydrogen-bond acceptors (Lipinski definition) is 7. The van der Waals surface area contributed by atoms with E-state index in [0.29, 0.717) is 36.7 Å². The number of rotatable bonds is 7. The van der Waals surface area contributed by atoms with E-state index in [-0.39, 0.29) is 39.3 Å². The summed E-state index contributed by atoms with van der Waals surface area (Å²) in [6.07, 6.45) is 3.24. The average molecular weight is 671 g/mol. The highest BCUT2D eigenvalue weighted by Gasteiger charge is 2.47. The molecule has 3 aromatic carbocycles. The molecular weight excluding hydrogens is 632 g/mol. The van der Waals surface area contributed by atoms with E-state index in [9.17, 15) is 26.0 Å². The molecule has 0 saturated carbocycles. The van der Waals surface area contributed by atoms with Gasteiger partial charge in [-0.25, -0.2) is 25.9 Å². The number of nitrogens with one attached hydrogen (secondary N) is 1. The van der Waals surface area contributed by atoms with E-state index in [4.69, 9.17) is 9.47 Å². The molecular formula is C34H39FN2O7S2. The van der Waals surface area contributed by atoms with Crippen molar-refractivity contribution in [1.82, 2.24) is 9.03 Å². The molecule has 3 heterocycles. The summed E-state index contributed by atoms with van der Waals surface area (Å²) in [4.78, 5) is 13.1. The summed E-state index contributed by atoms with van der Waals surface area (Å²) in [5, 5.41) is 0. The molecule has 2 fully saturated rings. The third kappa shape index (κ3) is 6.58. The highest BCUT2D eigenvalue weighted by Crippen LogP contribution is 2.51. The molecule has 2 saturated heterocycles. The van der Waals surface area contributed by atoms with Crippen LogP contribution >= 0.6 is 0 Å². The van der Waals surface area contributed by atoms with Gasteiger partial charge in [0.05, 0.1) is 22.0 Å². The zero-order valence-corrected chi connectivity index (χ0v) is 27.7. The van der Waals surface area contributed by atoms with E-state index >= 15 is 0 Å². The molecule has 46 heavy (non-hydrogen) atoms. The van der Waals surface area contributed by atoms with Crippen molar-refractivity contribution in [2.75, 3.05) is 13.1 Å². The van der Waals surface area contributed by atoms with Crippen LogP contribution in [0.15, 0.2) is 76.5 Å². The Bertz CT molecular complexity index is 1820. The van der Waals surface area contributed by atoms with Gasteiger partial charge in [-0.15, -0.1) is 0 Å². The van der Waals surface area contributed by atoms with Crippen LogP contribution in [-0.4, -0.2) is 51.8 Å². The predicted molar refractivity (Wildman–Crippen MR) is 170 cm³/mol. The lowest BCUT2D eigenvalue weighted by Crippen LogP contribution is -2.48. The Morgan fingerprint density at radius 1 is 0.913 bits per heavy atom. The topological polar surface area (TPSA) is 119 Å². The normalized spacial score (nSPS) is 23.5. The Kier molecular flexibility index (Phi) is 8.77. The quantitative estimate of drug-likeness (QED) is 0.347. The Balaban J connectivity index is 1.19. The van der Waals surface area contributed by atoms with Crippen LogP contribution in [-0.2, 0) is 31.2 Å². The first-order valence-corrected chi connectivity index (χ1v) is 18.6. The van der Waals surface area contributed by atoms with Gasteiger partial charge < -0.3 is 9.47 Å². The SMILES string of the molecule is CC1CCN(S(=O)(=O)c2ccc(S(=O)(=O)NC(=O)c3ccc4c(c3)[C@@H]3O[C@H](Cc5ccc(F)cc5)CC[C@H]3C(C)(C)O4)cc2)CC1. The molecule has 0 bridgehead atoms. The van der Waals surface area contributed by atoms with Gasteiger partial charge in [-0.05, 0) is 112 Å². The van der Waals surface area contributed by atoms with E-state index in [2.05, 4.69) is 11.6 Å². The van der Waals surface area contributed by atoms with Crippen molar-refractivity contribution in [3.63, 3.8) is 0 Å². The average Bonchev–Trinajstić information content (AvgIpc) is 3.02. The Hall–Kier alpha value is -3.32. The Labute approximate surface area is 270 Å². The van der Waals surface area contributed by atoms with Gasteiger partial charge in [-0.1, -0.05) is 19.1 Å². The summed E-state index contributed by atoms with van der Waals surface area (Å²) in [6.45, 7) is 6.95. The number of nitrogens with zero attached hydrogens (tertiary/aromatic N) is 1. The molecule has 0 radical (unpaired) electrons. The number of halogens is 1. The predicted octanol–water partition coefficient (Wildman–Crippen LogP) is 5.62. The van der Waals surface area contributed by atoms with Gasteiger partial charge in [0.2, 0.25) is 10.0 Å². The summed E-state index contributed by atoms with van der Waals surface area (Å²) >= 11 is 0. The molecule has 6 rings (SSSR count). The summed E-state index contributed by atoms with van der Waals surface area (Å²) in [5.74, 6) is -0.114. The van der Waals surface area contributed by atoms with Gasteiger partial charge in [0, 0.05) is 30.1 Å². The maximum atomic E-state index is 13.4. The number of hydrogen-bond donors (Lipinski definition) is 1. The minimum Gasteiger partial charge on any atom is -0.487 e. The van der Waals surface area contributed by atoms with Gasteiger partial charge in [0.25, 0.3) is 15.9 Å². The lowest BCUT2D eigenvalue weighted by atomic mass is 9.74. The van der Waals surface area contributed by atoms with Gasteiger partial charge in [-0.3, -0.25) is 4.79 Å². The Morgan fingerprint density at radius 3 is 2.24 bits per heavy atom. The van der Waals surface area contributed by atoms with Crippen molar-refractivity contribution >= 4 is 26.0 Å². The molecule has 0 aliphatic carbocycles. The van der Waals surface area contributed by atoms with Crippen molar-refractivity contribution in [2.24, 2.45) is 11.8 Å². The molecule has 9 nitrogen and oxygen atoms in total. The summed E-state index contributed by atoms with van der Waals surface area (Å²) in [5.41, 5.74) is 1.21. The van der Waals surface area contributed by atoms with E-state index in [1.54, 1.807) is 24.3 Å². The summed E-state index contributed by atoms with van der Waals surface area (Å²) < 4.78 is 82.4. The van der Waals surface area contributed by atoms with Crippen LogP contribution in [0.3, 0.4) is 0 Å². The third-order valence-corrected chi connectivity index (χ3v) is 12.7. The van der Waals surface area contributed by atoms with Crippen LogP contribution in [0.2, 0.25) is 0 Å². The van der Waals surface area contributed by atoms with E-state index in [1.807, 2.05) is 13.8 Å². The number of fused-ring (bicyclic) bond motifs is 3. The number of ether oxygens (including phenoxy) is 2. The van der Waals surface area contributed by atoms with E-state index < -0.39 is 31.6 Å². The first kappa shape index (κ1) is 32.6. The minimum absolute atomic E-state index is 0.00436. The number of sulfonamides is 2. The zero-order chi connectivity index (χ0) is 32.9. The van der Waals surface area contributed by atoms with Crippen molar-refractivity contribution in [3.8, 4) is 5.75 Å². The number of carbonyl (C=O) groups excluding carboxylic acids is 1. The number of benzene rings is 3. The fraction of sp³-hybridized carbons (Fsp3) is 0.441. The second-order valence-electron chi connectivity index (χ2n) is 13.1. The molecule has 0 aromatic heterocycles. The van der Waals surface area contributed by atoms with E-state index in [1.165, 1.54) is 46.8 Å². The van der Waals surface area contributed by atoms with Crippen LogP contribution in [0, 0.1) is 17.7 Å². The molecule has 3 aliphatic heterocycles. The second kappa shape index (κ2) is 12.4. The molecule has 0 spiro atoms. The molecule has 0 unspecified atom stereocenters. The highest BCUT2D eigenvalue weighted by molar-refractivity contribution is 7.90. The molecule has 3 atom stereocenters. The number of carbonyl (C=O) groups is 1. The maximum Gasteiger partial charge on any atom is 0.265 e. The van der Waals surface area contributed by atoms with Gasteiger partial charge in [0.15, 0.2) is 0 Å². The van der Waals surface area contributed by atoms with Crippen LogP contribution in [0.1, 0.15) is 74.0 Å². The van der Waals surface area contributed by atoms with Gasteiger partial charge >= 0.3 is 0 Å². The summed E-state index contributed by atoms with van der Waals surface area (Å²) in [6, 6.07) is 16.0. The fourth-order valence-electron chi connectivity index (χ4n) is 6.69. The largest absolute Gasteiger partial charge is 0.487 e. The lowest BCUT2D eigenvalue weighted by molar-refractivity contribution is -0.149. The highest BCUT2D eigenvalue weighted by atomic mass is 32.2. The van der Waals surface area contributed by atoms with Crippen LogP contribution in [0.25, 0.3) is 0 Å². The molecule has 12 heteroatoms. The first-order valence-electron chi connectivity index (χ1n) is 15.6. The fourth-order valence-corrected chi connectivity index (χ4v) is 9.14. The van der Waals surface area contributed by atoms with Crippen LogP contribution in [0.4, 0.5) is 4.39 Å². The van der Waals surface area contributed by atoms with Crippen molar-refractivity contribution in [3.05, 3.63) is 89.2 Å². The summed E-state index contributed by atoms with van der Waals surface area (Å²) in [7, 11) is -8.06. The molecule has 3 aromatic rings. The van der Waals surface area contributed by atoms with Crippen molar-refractivity contribution in [1.29, 1.82) is 0 Å². The zero-order valence-electron chi connectivity index (χ0n) is 26.1. The molecule has 1 amide bonds. The van der Waals surface area contributed by atoms with Crippen molar-refractivity contribution in [2.45, 2.75) is 80.5 Å². The van der Waals surface area contributed by atoms with E-state index in [0.717, 1.165) is 31.2 Å². The molecule has 3 aliphatic rings. The van der Waals surface area contributed by atoms with Gasteiger partial charge in [0.1, 0.15) is 17.2 Å². The molecule has 246 valence electrons. The van der Waals surface area contributed by atoms with Crippen LogP contribution in [0.5, 0.6) is 5.75 Å². The minimum atomic E-state index is -4.31. The van der Waals surface area contributed by atoms with Gasteiger partial charge in [-0.2, -0.15) is 4.31 Å². The first-order chi connectivity index (χ1) is 21.7. The maximum absolute atomic E-state index is 13.4. The van der Waals surface area contributed by atoms with Crippen molar-refractivity contribution < 1.29 is 35.5 Å². The third-order valence-electron chi connectivity index (χ3n) is 9.47. The molecule has 1 N–H and O–H groups in total. The van der Waals surface area contributed by atoms with Crippen LogP contribution < -0.4 is 9.46 Å². The standard InChI is InChI=1S/C34H39FN2O7S2/c1-22-16-18-37(19-17-22)46(41,42)28-12-10-27(11-13-28)45(39,40)36-33(38)24-6-15-31-29(21-24)32-30(34(2,3)44-31)14-9-26(43-32)20-23-4-7-25(35)8-5-23/h4-8,10-13,15,21-22,26,30,32H,9,14,16-20H2,1-3H3,(H,36,38)/t26-,30+,32-/m0/s1. The lowest BCUT2D eigenvalue weighted by Gasteiger charge is -2.49. The second-order valence-corrected chi connectivity index (χ2v) is 16.8. The number of piperidine rings is 1.